The van der Waals surface area contributed by atoms with E-state index in [0.29, 0.717) is 6.42 Å². The van der Waals surface area contributed by atoms with Crippen LogP contribution in [-0.2, 0) is 14.6 Å². The van der Waals surface area contributed by atoms with Gasteiger partial charge in [0.05, 0.1) is 12.8 Å². The van der Waals surface area contributed by atoms with Crippen molar-refractivity contribution in [3.8, 4) is 0 Å². The number of nitrogens with zero attached hydrogens (tertiary/aromatic N) is 3. The maximum atomic E-state index is 9.73. The molecule has 0 N–H and O–H groups in total. The van der Waals surface area contributed by atoms with Crippen molar-refractivity contribution in [3.63, 3.8) is 0 Å². The van der Waals surface area contributed by atoms with E-state index in [-0.39, 0.29) is 12.4 Å². The third-order valence-corrected chi connectivity index (χ3v) is 4.59. The zero-order valence-electron chi connectivity index (χ0n) is 15.8. The predicted molar refractivity (Wildman–Crippen MR) is 99.6 cm³/mol. The lowest BCUT2D eigenvalue weighted by atomic mass is 10.1. The van der Waals surface area contributed by atoms with Crippen LogP contribution < -0.4 is 0 Å². The maximum Gasteiger partial charge on any atom is 0.217 e. The highest BCUT2D eigenvalue weighted by atomic mass is 32.3. The molecule has 23 heavy (non-hydrogen) atoms. The molecule has 9 heteroatoms. The highest BCUT2D eigenvalue weighted by molar-refractivity contribution is 7.80. The summed E-state index contributed by atoms with van der Waals surface area (Å²) in [5, 5.41) is 0. The number of rotatable bonds is 10. The average molecular weight is 374 g/mol. The van der Waals surface area contributed by atoms with Crippen molar-refractivity contribution in [2.75, 3.05) is 55.1 Å². The van der Waals surface area contributed by atoms with Gasteiger partial charge in [0, 0.05) is 0 Å². The number of unbranched alkanes of at least 4 members (excludes halogenated alkanes) is 1. The summed E-state index contributed by atoms with van der Waals surface area (Å²) in [6.45, 7) is 1.88. The lowest BCUT2D eigenvalue weighted by Crippen LogP contribution is -2.64. The van der Waals surface area contributed by atoms with Crippen molar-refractivity contribution in [3.05, 3.63) is 0 Å². The molecular weight excluding hydrogens is 337 g/mol. The summed E-state index contributed by atoms with van der Waals surface area (Å²) in [4.78, 5) is 6.89. The molecule has 0 radical (unpaired) electrons. The second kappa shape index (κ2) is 12.5. The second-order valence-corrected chi connectivity index (χ2v) is 7.76. The fourth-order valence-corrected chi connectivity index (χ4v) is 3.11. The van der Waals surface area contributed by atoms with E-state index in [1.807, 2.05) is 6.92 Å². The molecule has 0 spiro atoms. The lowest BCUT2D eigenvalue weighted by Gasteiger charge is -2.49. The summed E-state index contributed by atoms with van der Waals surface area (Å²) in [6, 6.07) is 0. The molecule has 0 bridgehead atoms. The normalized spacial score (nSPS) is 12.8. The summed E-state index contributed by atoms with van der Waals surface area (Å²) in [7, 11) is 10.5. The van der Waals surface area contributed by atoms with Crippen molar-refractivity contribution in [2.45, 2.75) is 38.4 Å². The van der Waals surface area contributed by atoms with Crippen LogP contribution in [0.15, 0.2) is 0 Å². The first-order valence-electron chi connectivity index (χ1n) is 7.87. The molecule has 142 valence electrons. The van der Waals surface area contributed by atoms with Gasteiger partial charge in [0.15, 0.2) is 0 Å². The first-order chi connectivity index (χ1) is 10.5. The number of hydrogen-bond acceptors (Lipinski definition) is 7. The lowest BCUT2D eigenvalue weighted by molar-refractivity contribution is -0.114. The quantitative estimate of drug-likeness (QED) is 0.186. The molecule has 0 fully saturated rings. The Morgan fingerprint density at radius 1 is 1.00 bits per heavy atom. The molecule has 0 aliphatic carbocycles. The van der Waals surface area contributed by atoms with Crippen LogP contribution in [0.3, 0.4) is 0 Å². The molecule has 1 unspecified atom stereocenters. The Hall–Kier alpha value is 0.180. The van der Waals surface area contributed by atoms with Crippen LogP contribution in [0.2, 0.25) is 0 Å². The van der Waals surface area contributed by atoms with E-state index in [1.54, 1.807) is 0 Å². The van der Waals surface area contributed by atoms with Crippen LogP contribution in [-0.4, -0.2) is 88.5 Å². The predicted octanol–water partition coefficient (Wildman–Crippen LogP) is 0.976. The fraction of sp³-hybridized carbons (Fsp3) is 1.00. The van der Waals surface area contributed by atoms with Crippen LogP contribution in [0.1, 0.15) is 32.6 Å². The Balaban J connectivity index is 0. The van der Waals surface area contributed by atoms with Gasteiger partial charge in [-0.15, -0.1) is 0 Å². The van der Waals surface area contributed by atoms with Gasteiger partial charge < -0.3 is 4.55 Å². The summed E-state index contributed by atoms with van der Waals surface area (Å²) >= 11 is 0. The maximum absolute atomic E-state index is 9.73. The van der Waals surface area contributed by atoms with Gasteiger partial charge >= 0.3 is 0 Å². The van der Waals surface area contributed by atoms with E-state index in [0.717, 1.165) is 6.42 Å². The average Bonchev–Trinajstić information content (AvgIpc) is 2.38. The third-order valence-electron chi connectivity index (χ3n) is 3.64. The topological polar surface area (TPSA) is 76.1 Å². The van der Waals surface area contributed by atoms with Crippen molar-refractivity contribution < 1.29 is 17.2 Å². The molecule has 0 amide bonds. The Morgan fingerprint density at radius 2 is 1.43 bits per heavy atom. The highest BCUT2D eigenvalue weighted by Gasteiger charge is 2.36. The van der Waals surface area contributed by atoms with Crippen LogP contribution in [0, 0.1) is 0 Å². The van der Waals surface area contributed by atoms with E-state index in [1.165, 1.54) is 19.0 Å². The van der Waals surface area contributed by atoms with Gasteiger partial charge in [-0.25, -0.2) is 8.42 Å². The van der Waals surface area contributed by atoms with Gasteiger partial charge in [-0.1, -0.05) is 13.3 Å². The minimum absolute atomic E-state index is 0.00231. The van der Waals surface area contributed by atoms with E-state index < -0.39 is 10.4 Å². The van der Waals surface area contributed by atoms with E-state index in [4.69, 9.17) is 0 Å². The Labute approximate surface area is 145 Å². The Kier molecular flexibility index (Phi) is 13.8. The van der Waals surface area contributed by atoms with Gasteiger partial charge in [0.1, 0.15) is 5.79 Å². The zero-order valence-corrected chi connectivity index (χ0v) is 18.1. The molecule has 1 atom stereocenters. The Bertz CT molecular complexity index is 368. The van der Waals surface area contributed by atoms with E-state index in [9.17, 15) is 13.0 Å². The monoisotopic (exact) mass is 373 g/mol. The van der Waals surface area contributed by atoms with E-state index >= 15 is 0 Å². The molecule has 0 aliphatic rings. The molecule has 0 aromatic rings. The molecule has 0 rings (SSSR count). The van der Waals surface area contributed by atoms with Gasteiger partial charge in [-0.2, -0.15) is 0 Å². The van der Waals surface area contributed by atoms with Crippen molar-refractivity contribution in [1.29, 1.82) is 0 Å². The first kappa shape index (κ1) is 25.4. The minimum atomic E-state index is -4.45. The van der Waals surface area contributed by atoms with Crippen LogP contribution in [0.25, 0.3) is 0 Å². The molecule has 0 aliphatic heterocycles. The molecule has 0 aromatic carbocycles. The highest BCUT2D eigenvalue weighted by Crippen LogP contribution is 2.24. The molecule has 7 nitrogen and oxygen atoms in total. The zero-order chi connectivity index (χ0) is 18.7. The van der Waals surface area contributed by atoms with Crippen molar-refractivity contribution in [2.24, 2.45) is 0 Å². The second-order valence-electron chi connectivity index (χ2n) is 6.00. The molecule has 0 aromatic heterocycles. The van der Waals surface area contributed by atoms with Crippen LogP contribution in [0.5, 0.6) is 0 Å². The van der Waals surface area contributed by atoms with Gasteiger partial charge in [-0.3, -0.25) is 18.9 Å². The molecular formula is C14H36N3O4PS. The first-order valence-corrected chi connectivity index (χ1v) is 10.2. The van der Waals surface area contributed by atoms with Gasteiger partial charge in [0.25, 0.3) is 0 Å². The fourth-order valence-electron chi connectivity index (χ4n) is 2.54. The van der Waals surface area contributed by atoms with E-state index in [2.05, 4.69) is 70.4 Å². The van der Waals surface area contributed by atoms with Crippen molar-refractivity contribution in [1.82, 2.24) is 14.7 Å². The summed E-state index contributed by atoms with van der Waals surface area (Å²) in [5.74, 6) is 0.0560. The largest absolute Gasteiger partial charge is 0.726 e. The van der Waals surface area contributed by atoms with Crippen molar-refractivity contribution >= 4 is 19.6 Å². The summed E-state index contributed by atoms with van der Waals surface area (Å²) in [5.41, 5.74) is 0. The minimum Gasteiger partial charge on any atom is -0.726 e. The molecule has 0 saturated heterocycles. The van der Waals surface area contributed by atoms with Gasteiger partial charge in [-0.05, 0) is 70.8 Å². The summed E-state index contributed by atoms with van der Waals surface area (Å²) in [6.07, 6.45) is 5.14. The summed E-state index contributed by atoms with van der Waals surface area (Å²) < 4.78 is 33.1. The SMILES string of the molecule is CCCCOS(=O)(=O)[O-].CN(C)C(CCC[PH3+])(N(C)C)N(C)C. The standard InChI is InChI=1S/C10H26N3P.C4H10O4S/c1-11(2)10(12(3)4,13(5)6)8-7-9-14;1-2-3-4-8-9(5,6)7/h7-9,14H2,1-6H3;2-4H2,1H3,(H,5,6,7). The van der Waals surface area contributed by atoms with Crippen LogP contribution in [0.4, 0.5) is 0 Å². The number of hydrogen-bond donors (Lipinski definition) is 0. The smallest absolute Gasteiger partial charge is 0.217 e. The Morgan fingerprint density at radius 3 is 1.70 bits per heavy atom. The van der Waals surface area contributed by atoms with Crippen LogP contribution >= 0.6 is 9.24 Å². The van der Waals surface area contributed by atoms with Gasteiger partial charge in [0.2, 0.25) is 10.4 Å². The molecule has 0 saturated carbocycles. The molecule has 0 heterocycles. The third kappa shape index (κ3) is 10.6.